The summed E-state index contributed by atoms with van der Waals surface area (Å²) >= 11 is 0. The monoisotopic (exact) mass is 233 g/mol. The molecule has 1 aromatic heterocycles. The van der Waals surface area contributed by atoms with Gasteiger partial charge in [0.15, 0.2) is 0 Å². The summed E-state index contributed by atoms with van der Waals surface area (Å²) < 4.78 is 0. The van der Waals surface area contributed by atoms with E-state index in [4.69, 9.17) is 0 Å². The Labute approximate surface area is 102 Å². The Morgan fingerprint density at radius 2 is 2.35 bits per heavy atom. The quantitative estimate of drug-likeness (QED) is 0.727. The molecular weight excluding hydrogens is 214 g/mol. The lowest BCUT2D eigenvalue weighted by molar-refractivity contribution is -0.122. The summed E-state index contributed by atoms with van der Waals surface area (Å²) in [5, 5.41) is 6.29. The van der Waals surface area contributed by atoms with Crippen LogP contribution in [0.2, 0.25) is 0 Å². The maximum Gasteiger partial charge on any atom is 0.223 e. The van der Waals surface area contributed by atoms with Gasteiger partial charge in [0.25, 0.3) is 0 Å². The molecule has 1 amide bonds. The Morgan fingerprint density at radius 3 is 3.00 bits per heavy atom. The van der Waals surface area contributed by atoms with Crippen molar-refractivity contribution in [1.82, 2.24) is 15.6 Å². The van der Waals surface area contributed by atoms with Crippen LogP contribution < -0.4 is 10.6 Å². The van der Waals surface area contributed by atoms with Crippen molar-refractivity contribution in [2.24, 2.45) is 5.92 Å². The normalized spacial score (nSPS) is 16.5. The predicted octanol–water partition coefficient (Wildman–Crippen LogP) is 1.26. The molecular formula is C13H19N3O. The molecule has 1 fully saturated rings. The summed E-state index contributed by atoms with van der Waals surface area (Å²) in [4.78, 5) is 15.5. The maximum absolute atomic E-state index is 11.4. The Kier molecular flexibility index (Phi) is 4.09. The summed E-state index contributed by atoms with van der Waals surface area (Å²) in [6.07, 6.45) is 5.75. The van der Waals surface area contributed by atoms with Gasteiger partial charge in [-0.1, -0.05) is 6.07 Å². The minimum absolute atomic E-state index is 0.209. The van der Waals surface area contributed by atoms with E-state index in [1.165, 1.54) is 5.56 Å². The Morgan fingerprint density at radius 1 is 1.53 bits per heavy atom. The first-order valence-electron chi connectivity index (χ1n) is 6.18. The van der Waals surface area contributed by atoms with Crippen LogP contribution in [0.15, 0.2) is 24.5 Å². The number of hydrogen-bond donors (Lipinski definition) is 2. The molecule has 1 saturated carbocycles. The van der Waals surface area contributed by atoms with Gasteiger partial charge in [0, 0.05) is 37.4 Å². The first-order valence-corrected chi connectivity index (χ1v) is 6.18. The highest BCUT2D eigenvalue weighted by Gasteiger charge is 2.28. The van der Waals surface area contributed by atoms with Crippen molar-refractivity contribution in [2.45, 2.75) is 25.8 Å². The molecule has 4 nitrogen and oxygen atoms in total. The van der Waals surface area contributed by atoms with E-state index in [0.29, 0.717) is 12.5 Å². The summed E-state index contributed by atoms with van der Waals surface area (Å²) in [7, 11) is 0. The molecule has 4 heteroatoms. The van der Waals surface area contributed by atoms with Crippen LogP contribution in [0.25, 0.3) is 0 Å². The van der Waals surface area contributed by atoms with Gasteiger partial charge in [-0.3, -0.25) is 9.78 Å². The van der Waals surface area contributed by atoms with Crippen LogP contribution in [0.4, 0.5) is 0 Å². The zero-order chi connectivity index (χ0) is 12.1. The van der Waals surface area contributed by atoms with Gasteiger partial charge < -0.3 is 10.6 Å². The first kappa shape index (κ1) is 12.0. The standard InChI is InChI=1S/C13H19N3O/c1-10(12-3-2-6-14-9-12)15-7-8-16-13(17)11-4-5-11/h2-3,6,9-11,15H,4-5,7-8H2,1H3,(H,16,17). The zero-order valence-corrected chi connectivity index (χ0v) is 10.1. The largest absolute Gasteiger partial charge is 0.355 e. The third kappa shape index (κ3) is 3.82. The molecule has 0 spiro atoms. The molecule has 92 valence electrons. The van der Waals surface area contributed by atoms with Crippen molar-refractivity contribution < 1.29 is 4.79 Å². The van der Waals surface area contributed by atoms with Crippen molar-refractivity contribution in [2.75, 3.05) is 13.1 Å². The van der Waals surface area contributed by atoms with E-state index in [2.05, 4.69) is 22.5 Å². The molecule has 1 aliphatic rings. The number of carbonyl (C=O) groups excluding carboxylic acids is 1. The summed E-state index contributed by atoms with van der Waals surface area (Å²) in [5.74, 6) is 0.506. The van der Waals surface area contributed by atoms with Crippen LogP contribution in [-0.4, -0.2) is 24.0 Å². The highest BCUT2D eigenvalue weighted by atomic mass is 16.2. The Hall–Kier alpha value is -1.42. The fourth-order valence-electron chi connectivity index (χ4n) is 1.71. The van der Waals surface area contributed by atoms with Crippen LogP contribution in [0.3, 0.4) is 0 Å². The van der Waals surface area contributed by atoms with Gasteiger partial charge in [-0.05, 0) is 31.4 Å². The molecule has 17 heavy (non-hydrogen) atoms. The number of nitrogens with one attached hydrogen (secondary N) is 2. The molecule has 1 atom stereocenters. The number of amides is 1. The molecule has 1 unspecified atom stereocenters. The fraction of sp³-hybridized carbons (Fsp3) is 0.538. The lowest BCUT2D eigenvalue weighted by atomic mass is 10.1. The van der Waals surface area contributed by atoms with E-state index in [0.717, 1.165) is 19.4 Å². The van der Waals surface area contributed by atoms with E-state index < -0.39 is 0 Å². The fourth-order valence-corrected chi connectivity index (χ4v) is 1.71. The van der Waals surface area contributed by atoms with Crippen LogP contribution >= 0.6 is 0 Å². The number of nitrogens with zero attached hydrogens (tertiary/aromatic N) is 1. The molecule has 1 aliphatic carbocycles. The number of rotatable bonds is 6. The van der Waals surface area contributed by atoms with Crippen molar-refractivity contribution in [3.05, 3.63) is 30.1 Å². The van der Waals surface area contributed by atoms with Crippen LogP contribution in [-0.2, 0) is 4.79 Å². The second kappa shape index (κ2) is 5.77. The summed E-state index contributed by atoms with van der Waals surface area (Å²) in [6, 6.07) is 4.25. The smallest absolute Gasteiger partial charge is 0.223 e. The van der Waals surface area contributed by atoms with E-state index in [9.17, 15) is 4.79 Å². The molecule has 0 aliphatic heterocycles. The minimum Gasteiger partial charge on any atom is -0.355 e. The van der Waals surface area contributed by atoms with Crippen molar-refractivity contribution >= 4 is 5.91 Å². The van der Waals surface area contributed by atoms with Crippen molar-refractivity contribution in [3.8, 4) is 0 Å². The Bertz CT molecular complexity index is 362. The molecule has 0 bridgehead atoms. The van der Waals surface area contributed by atoms with Crippen LogP contribution in [0.5, 0.6) is 0 Å². The van der Waals surface area contributed by atoms with E-state index >= 15 is 0 Å². The van der Waals surface area contributed by atoms with Gasteiger partial charge in [0.2, 0.25) is 5.91 Å². The average Bonchev–Trinajstić information content (AvgIpc) is 3.19. The van der Waals surface area contributed by atoms with E-state index in [1.807, 2.05) is 18.3 Å². The molecule has 0 aromatic carbocycles. The topological polar surface area (TPSA) is 54.0 Å². The third-order valence-corrected chi connectivity index (χ3v) is 3.01. The van der Waals surface area contributed by atoms with Crippen molar-refractivity contribution in [3.63, 3.8) is 0 Å². The molecule has 2 N–H and O–H groups in total. The SMILES string of the molecule is CC(NCCNC(=O)C1CC1)c1cccnc1. The number of hydrogen-bond acceptors (Lipinski definition) is 3. The number of carbonyl (C=O) groups is 1. The minimum atomic E-state index is 0.209. The second-order valence-electron chi connectivity index (χ2n) is 4.53. The molecule has 1 aromatic rings. The molecule has 2 rings (SSSR count). The maximum atomic E-state index is 11.4. The lowest BCUT2D eigenvalue weighted by Gasteiger charge is -2.13. The van der Waals surface area contributed by atoms with E-state index in [-0.39, 0.29) is 11.9 Å². The van der Waals surface area contributed by atoms with E-state index in [1.54, 1.807) is 6.20 Å². The highest BCUT2D eigenvalue weighted by Crippen LogP contribution is 2.28. The number of pyridine rings is 1. The molecule has 1 heterocycles. The lowest BCUT2D eigenvalue weighted by Crippen LogP contribution is -2.33. The van der Waals surface area contributed by atoms with Crippen LogP contribution in [0.1, 0.15) is 31.4 Å². The van der Waals surface area contributed by atoms with Gasteiger partial charge >= 0.3 is 0 Å². The summed E-state index contributed by atoms with van der Waals surface area (Å²) in [6.45, 7) is 3.58. The van der Waals surface area contributed by atoms with Gasteiger partial charge in [-0.15, -0.1) is 0 Å². The van der Waals surface area contributed by atoms with Gasteiger partial charge in [-0.2, -0.15) is 0 Å². The van der Waals surface area contributed by atoms with Crippen molar-refractivity contribution in [1.29, 1.82) is 0 Å². The summed E-state index contributed by atoms with van der Waals surface area (Å²) in [5.41, 5.74) is 1.17. The van der Waals surface area contributed by atoms with Crippen LogP contribution in [0, 0.1) is 5.92 Å². The third-order valence-electron chi connectivity index (χ3n) is 3.01. The Balaban J connectivity index is 1.63. The number of aromatic nitrogens is 1. The van der Waals surface area contributed by atoms with Gasteiger partial charge in [-0.25, -0.2) is 0 Å². The predicted molar refractivity (Wildman–Crippen MR) is 66.4 cm³/mol. The molecule has 0 saturated heterocycles. The zero-order valence-electron chi connectivity index (χ0n) is 10.1. The molecule has 0 radical (unpaired) electrons. The van der Waals surface area contributed by atoms with Gasteiger partial charge in [0.1, 0.15) is 0 Å². The van der Waals surface area contributed by atoms with Gasteiger partial charge in [0.05, 0.1) is 0 Å². The second-order valence-corrected chi connectivity index (χ2v) is 4.53. The highest BCUT2D eigenvalue weighted by molar-refractivity contribution is 5.80. The first-order chi connectivity index (χ1) is 8.27. The average molecular weight is 233 g/mol.